The van der Waals surface area contributed by atoms with Gasteiger partial charge in [-0.1, -0.05) is 6.92 Å². The van der Waals surface area contributed by atoms with Gasteiger partial charge in [0.1, 0.15) is 6.04 Å². The third kappa shape index (κ3) is 2.70. The van der Waals surface area contributed by atoms with Crippen LogP contribution in [-0.4, -0.2) is 30.4 Å². The Morgan fingerprint density at radius 1 is 1.79 bits per heavy atom. The van der Waals surface area contributed by atoms with E-state index in [1.807, 2.05) is 6.92 Å². The number of hydrogen-bond acceptors (Lipinski definition) is 3. The fraction of sp³-hybridized carbons (Fsp3) is 0.778. The number of amides is 2. The van der Waals surface area contributed by atoms with Crippen LogP contribution in [0.2, 0.25) is 0 Å². The van der Waals surface area contributed by atoms with Crippen molar-refractivity contribution in [2.24, 2.45) is 5.73 Å². The molecular weight excluding hydrogens is 182 g/mol. The molecule has 0 aliphatic carbocycles. The van der Waals surface area contributed by atoms with Crippen molar-refractivity contribution in [3.63, 3.8) is 0 Å². The molecule has 0 aromatic carbocycles. The first-order valence-corrected chi connectivity index (χ1v) is 4.97. The lowest BCUT2D eigenvalue weighted by Gasteiger charge is -2.17. The Morgan fingerprint density at radius 2 is 2.50 bits per heavy atom. The molecule has 1 heterocycles. The average Bonchev–Trinajstić information content (AvgIpc) is 2.61. The molecule has 1 aliphatic rings. The van der Waals surface area contributed by atoms with Crippen molar-refractivity contribution in [3.05, 3.63) is 0 Å². The van der Waals surface area contributed by atoms with E-state index in [0.717, 1.165) is 6.42 Å². The molecule has 1 unspecified atom stereocenters. The Labute approximate surface area is 83.4 Å². The minimum Gasteiger partial charge on any atom is -0.350 e. The van der Waals surface area contributed by atoms with Crippen molar-refractivity contribution in [1.29, 1.82) is 0 Å². The maximum absolute atomic E-state index is 11.5. The first-order valence-electron chi connectivity index (χ1n) is 4.97. The average molecular weight is 199 g/mol. The summed E-state index contributed by atoms with van der Waals surface area (Å²) in [7, 11) is 0. The molecule has 80 valence electrons. The molecule has 4 N–H and O–H groups in total. The van der Waals surface area contributed by atoms with Crippen LogP contribution in [0.4, 0.5) is 0 Å². The normalized spacial score (nSPS) is 23.0. The van der Waals surface area contributed by atoms with Crippen LogP contribution in [0.25, 0.3) is 0 Å². The topological polar surface area (TPSA) is 84.2 Å². The second kappa shape index (κ2) is 4.95. The highest BCUT2D eigenvalue weighted by molar-refractivity contribution is 5.90. The Kier molecular flexibility index (Phi) is 3.88. The van der Waals surface area contributed by atoms with E-state index in [4.69, 9.17) is 5.73 Å². The van der Waals surface area contributed by atoms with Gasteiger partial charge in [0, 0.05) is 19.0 Å². The molecule has 5 heteroatoms. The molecule has 0 saturated carbocycles. The van der Waals surface area contributed by atoms with Crippen LogP contribution >= 0.6 is 0 Å². The fourth-order valence-electron chi connectivity index (χ4n) is 1.44. The lowest BCUT2D eigenvalue weighted by Crippen LogP contribution is -2.48. The lowest BCUT2D eigenvalue weighted by molar-refractivity contribution is -0.126. The van der Waals surface area contributed by atoms with Gasteiger partial charge in [-0.25, -0.2) is 0 Å². The van der Waals surface area contributed by atoms with Crippen LogP contribution in [0, 0.1) is 0 Å². The van der Waals surface area contributed by atoms with Gasteiger partial charge in [-0.15, -0.1) is 0 Å². The van der Waals surface area contributed by atoms with Crippen LogP contribution < -0.4 is 16.4 Å². The summed E-state index contributed by atoms with van der Waals surface area (Å²) in [5.41, 5.74) is 5.46. The summed E-state index contributed by atoms with van der Waals surface area (Å²) in [6.45, 7) is 2.40. The maximum atomic E-state index is 11.5. The lowest BCUT2D eigenvalue weighted by atomic mass is 10.1. The number of nitrogens with two attached hydrogens (primary N) is 1. The standard InChI is InChI=1S/C9H17N3O2/c1-2-6(5-10)11-9(14)7-3-4-8(13)12-7/h6-7H,2-5,10H2,1H3,(H,11,14)(H,12,13)/t6?,7-/m0/s1. The molecule has 0 aromatic heterocycles. The van der Waals surface area contributed by atoms with Crippen molar-refractivity contribution >= 4 is 11.8 Å². The minimum atomic E-state index is -0.358. The van der Waals surface area contributed by atoms with Gasteiger partial charge in [0.15, 0.2) is 0 Å². The first kappa shape index (κ1) is 11.0. The second-order valence-corrected chi connectivity index (χ2v) is 3.51. The molecular formula is C9H17N3O2. The number of nitrogens with one attached hydrogen (secondary N) is 2. The van der Waals surface area contributed by atoms with E-state index in [-0.39, 0.29) is 23.9 Å². The fourth-order valence-corrected chi connectivity index (χ4v) is 1.44. The Morgan fingerprint density at radius 3 is 2.93 bits per heavy atom. The minimum absolute atomic E-state index is 0.0139. The van der Waals surface area contributed by atoms with E-state index >= 15 is 0 Å². The summed E-state index contributed by atoms with van der Waals surface area (Å²) in [6, 6.07) is -0.344. The Bertz CT molecular complexity index is 226. The smallest absolute Gasteiger partial charge is 0.242 e. The number of carbonyl (C=O) groups is 2. The third-order valence-electron chi connectivity index (χ3n) is 2.44. The Hall–Kier alpha value is -1.10. The second-order valence-electron chi connectivity index (χ2n) is 3.51. The van der Waals surface area contributed by atoms with Crippen LogP contribution in [0.15, 0.2) is 0 Å². The number of carbonyl (C=O) groups excluding carboxylic acids is 2. The molecule has 1 fully saturated rings. The first-order chi connectivity index (χ1) is 6.67. The van der Waals surface area contributed by atoms with Gasteiger partial charge in [-0.05, 0) is 12.8 Å². The molecule has 1 aliphatic heterocycles. The molecule has 2 atom stereocenters. The van der Waals surface area contributed by atoms with Crippen LogP contribution in [0.3, 0.4) is 0 Å². The van der Waals surface area contributed by atoms with Crippen molar-refractivity contribution in [3.8, 4) is 0 Å². The zero-order valence-corrected chi connectivity index (χ0v) is 8.38. The van der Waals surface area contributed by atoms with E-state index in [1.165, 1.54) is 0 Å². The highest BCUT2D eigenvalue weighted by atomic mass is 16.2. The van der Waals surface area contributed by atoms with E-state index < -0.39 is 0 Å². The largest absolute Gasteiger partial charge is 0.350 e. The van der Waals surface area contributed by atoms with Crippen LogP contribution in [0.5, 0.6) is 0 Å². The SMILES string of the molecule is CCC(CN)NC(=O)[C@@H]1CCC(=O)N1. The van der Waals surface area contributed by atoms with Gasteiger partial charge in [0.05, 0.1) is 0 Å². The van der Waals surface area contributed by atoms with Crippen molar-refractivity contribution in [1.82, 2.24) is 10.6 Å². The summed E-state index contributed by atoms with van der Waals surface area (Å²) in [4.78, 5) is 22.4. The van der Waals surface area contributed by atoms with E-state index in [9.17, 15) is 9.59 Å². The van der Waals surface area contributed by atoms with Gasteiger partial charge in [0.25, 0.3) is 0 Å². The highest BCUT2D eigenvalue weighted by Crippen LogP contribution is 2.06. The van der Waals surface area contributed by atoms with E-state index in [1.54, 1.807) is 0 Å². The molecule has 1 rings (SSSR count). The van der Waals surface area contributed by atoms with Crippen LogP contribution in [0.1, 0.15) is 26.2 Å². The quantitative estimate of drug-likeness (QED) is 0.549. The van der Waals surface area contributed by atoms with Gasteiger partial charge < -0.3 is 16.4 Å². The van der Waals surface area contributed by atoms with E-state index in [0.29, 0.717) is 19.4 Å². The molecule has 0 bridgehead atoms. The van der Waals surface area contributed by atoms with Gasteiger partial charge in [0.2, 0.25) is 11.8 Å². The highest BCUT2D eigenvalue weighted by Gasteiger charge is 2.27. The summed E-state index contributed by atoms with van der Waals surface area (Å²) in [6.07, 6.45) is 1.84. The predicted molar refractivity (Wildman–Crippen MR) is 52.4 cm³/mol. The van der Waals surface area contributed by atoms with Gasteiger partial charge >= 0.3 is 0 Å². The van der Waals surface area contributed by atoms with Crippen molar-refractivity contribution < 1.29 is 9.59 Å². The maximum Gasteiger partial charge on any atom is 0.242 e. The molecule has 2 amide bonds. The summed E-state index contributed by atoms with van der Waals surface area (Å²) in [5, 5.41) is 5.42. The zero-order chi connectivity index (χ0) is 10.6. The zero-order valence-electron chi connectivity index (χ0n) is 8.38. The van der Waals surface area contributed by atoms with E-state index in [2.05, 4.69) is 10.6 Å². The summed E-state index contributed by atoms with van der Waals surface area (Å²) < 4.78 is 0. The summed E-state index contributed by atoms with van der Waals surface area (Å²) >= 11 is 0. The summed E-state index contributed by atoms with van der Waals surface area (Å²) in [5.74, 6) is -0.168. The molecule has 0 radical (unpaired) electrons. The predicted octanol–water partition coefficient (Wildman–Crippen LogP) is -0.881. The molecule has 0 aromatic rings. The number of hydrogen-bond donors (Lipinski definition) is 3. The number of rotatable bonds is 4. The van der Waals surface area contributed by atoms with Gasteiger partial charge in [-0.2, -0.15) is 0 Å². The monoisotopic (exact) mass is 199 g/mol. The molecule has 1 saturated heterocycles. The molecule has 5 nitrogen and oxygen atoms in total. The Balaban J connectivity index is 2.38. The molecule has 14 heavy (non-hydrogen) atoms. The van der Waals surface area contributed by atoms with Gasteiger partial charge in [-0.3, -0.25) is 9.59 Å². The van der Waals surface area contributed by atoms with Crippen LogP contribution in [-0.2, 0) is 9.59 Å². The third-order valence-corrected chi connectivity index (χ3v) is 2.44. The van der Waals surface area contributed by atoms with Crippen molar-refractivity contribution in [2.45, 2.75) is 38.3 Å². The molecule has 0 spiro atoms. The van der Waals surface area contributed by atoms with Crippen molar-refractivity contribution in [2.75, 3.05) is 6.54 Å².